The van der Waals surface area contributed by atoms with Gasteiger partial charge in [0.05, 0.1) is 11.9 Å². The molecule has 3 aromatic rings. The first-order valence-corrected chi connectivity index (χ1v) is 10.2. The topological polar surface area (TPSA) is 79.2 Å². The summed E-state index contributed by atoms with van der Waals surface area (Å²) in [7, 11) is 0. The summed E-state index contributed by atoms with van der Waals surface area (Å²) in [6, 6.07) is 7.21. The molecule has 0 bridgehead atoms. The lowest BCUT2D eigenvalue weighted by Crippen LogP contribution is -2.35. The molecule has 0 unspecified atom stereocenters. The number of carbonyl (C=O) groups excluding carboxylic acids is 2. The predicted octanol–water partition coefficient (Wildman–Crippen LogP) is 3.53. The van der Waals surface area contributed by atoms with Crippen LogP contribution in [0.4, 0.5) is 4.39 Å². The van der Waals surface area contributed by atoms with Gasteiger partial charge in [-0.2, -0.15) is 0 Å². The van der Waals surface area contributed by atoms with Crippen LogP contribution >= 0.6 is 0 Å². The highest BCUT2D eigenvalue weighted by Crippen LogP contribution is 2.40. The standard InChI is InChI=1S/C25H24FN3O2/c1-4-6-22(31)29-10-9-18-16(13-29)7-5-8-19(18)24-20(26)11-17(12-21(27)30)25-23(24)14(2)15(3)28-25/h5,7-8,11,28H,9-10,12-13H2,1-3H3,(H2,27,30). The molecule has 2 amide bonds. The van der Waals surface area contributed by atoms with Crippen LogP contribution in [-0.2, 0) is 29.0 Å². The summed E-state index contributed by atoms with van der Waals surface area (Å²) in [4.78, 5) is 28.8. The molecule has 1 aromatic heterocycles. The third kappa shape index (κ3) is 3.57. The molecule has 2 heterocycles. The number of H-pyrrole nitrogens is 1. The second-order valence-electron chi connectivity index (χ2n) is 7.96. The third-order valence-corrected chi connectivity index (χ3v) is 6.03. The summed E-state index contributed by atoms with van der Waals surface area (Å²) in [6.45, 7) is 6.51. The second-order valence-corrected chi connectivity index (χ2v) is 7.96. The Morgan fingerprint density at radius 3 is 2.77 bits per heavy atom. The van der Waals surface area contributed by atoms with Gasteiger partial charge < -0.3 is 15.6 Å². The van der Waals surface area contributed by atoms with Crippen LogP contribution in [0.15, 0.2) is 24.3 Å². The van der Waals surface area contributed by atoms with Crippen LogP contribution in [0.25, 0.3) is 22.0 Å². The highest BCUT2D eigenvalue weighted by Gasteiger charge is 2.26. The molecule has 6 heteroatoms. The van der Waals surface area contributed by atoms with Gasteiger partial charge in [-0.25, -0.2) is 4.39 Å². The Hall–Kier alpha value is -3.59. The Morgan fingerprint density at radius 2 is 2.06 bits per heavy atom. The fourth-order valence-electron chi connectivity index (χ4n) is 4.48. The normalized spacial score (nSPS) is 13.0. The third-order valence-electron chi connectivity index (χ3n) is 6.03. The molecule has 5 nitrogen and oxygen atoms in total. The van der Waals surface area contributed by atoms with E-state index in [1.165, 1.54) is 6.07 Å². The lowest BCUT2D eigenvalue weighted by atomic mass is 9.87. The molecular weight excluding hydrogens is 393 g/mol. The van der Waals surface area contributed by atoms with E-state index < -0.39 is 5.91 Å². The van der Waals surface area contributed by atoms with Gasteiger partial charge in [0.1, 0.15) is 5.82 Å². The smallest absolute Gasteiger partial charge is 0.298 e. The van der Waals surface area contributed by atoms with Crippen molar-refractivity contribution in [1.29, 1.82) is 0 Å². The van der Waals surface area contributed by atoms with E-state index in [-0.39, 0.29) is 18.1 Å². The van der Waals surface area contributed by atoms with Gasteiger partial charge >= 0.3 is 0 Å². The highest BCUT2D eigenvalue weighted by atomic mass is 19.1. The molecule has 31 heavy (non-hydrogen) atoms. The van der Waals surface area contributed by atoms with Crippen LogP contribution in [0.2, 0.25) is 0 Å². The van der Waals surface area contributed by atoms with Crippen molar-refractivity contribution in [2.45, 2.75) is 40.2 Å². The number of benzene rings is 2. The zero-order valence-corrected chi connectivity index (χ0v) is 17.9. The van der Waals surface area contributed by atoms with Crippen molar-refractivity contribution in [2.75, 3.05) is 6.54 Å². The van der Waals surface area contributed by atoms with Gasteiger partial charge in [-0.3, -0.25) is 9.59 Å². The van der Waals surface area contributed by atoms with Crippen molar-refractivity contribution in [2.24, 2.45) is 5.73 Å². The number of carbonyl (C=O) groups is 2. The van der Waals surface area contributed by atoms with E-state index in [0.717, 1.165) is 38.9 Å². The van der Waals surface area contributed by atoms with Crippen molar-refractivity contribution in [3.05, 3.63) is 58.0 Å². The van der Waals surface area contributed by atoms with Gasteiger partial charge in [0.15, 0.2) is 0 Å². The van der Waals surface area contributed by atoms with Crippen molar-refractivity contribution < 1.29 is 14.0 Å². The van der Waals surface area contributed by atoms with E-state index in [2.05, 4.69) is 16.8 Å². The zero-order valence-electron chi connectivity index (χ0n) is 17.9. The molecule has 0 radical (unpaired) electrons. The van der Waals surface area contributed by atoms with Crippen molar-refractivity contribution in [3.8, 4) is 23.0 Å². The molecule has 0 atom stereocenters. The quantitative estimate of drug-likeness (QED) is 0.640. The van der Waals surface area contributed by atoms with Gasteiger partial charge in [-0.05, 0) is 67.0 Å². The molecule has 1 aliphatic rings. The van der Waals surface area contributed by atoms with E-state index in [1.807, 2.05) is 32.0 Å². The average molecular weight is 417 g/mol. The lowest BCUT2D eigenvalue weighted by molar-refractivity contribution is -0.126. The minimum atomic E-state index is -0.504. The fourth-order valence-corrected chi connectivity index (χ4v) is 4.48. The van der Waals surface area contributed by atoms with Crippen molar-refractivity contribution in [3.63, 3.8) is 0 Å². The second kappa shape index (κ2) is 7.92. The molecule has 3 N–H and O–H groups in total. The number of aryl methyl sites for hydroxylation is 2. The van der Waals surface area contributed by atoms with Crippen molar-refractivity contribution in [1.82, 2.24) is 9.88 Å². The maximum Gasteiger partial charge on any atom is 0.298 e. The number of amides is 2. The molecule has 4 rings (SSSR count). The first kappa shape index (κ1) is 20.7. The molecule has 0 fully saturated rings. The van der Waals surface area contributed by atoms with Gasteiger partial charge in [0, 0.05) is 29.7 Å². The molecule has 0 spiro atoms. The summed E-state index contributed by atoms with van der Waals surface area (Å²) < 4.78 is 15.5. The SMILES string of the molecule is CC#CC(=O)N1CCc2c(cccc2-c2c(F)cc(CC(N)=O)c3[nH]c(C)c(C)c23)C1. The Kier molecular flexibility index (Phi) is 5.28. The number of nitrogens with one attached hydrogen (secondary N) is 1. The van der Waals surface area contributed by atoms with E-state index in [9.17, 15) is 9.59 Å². The Balaban J connectivity index is 1.90. The maximum atomic E-state index is 15.5. The van der Waals surface area contributed by atoms with Crippen LogP contribution < -0.4 is 5.73 Å². The van der Waals surface area contributed by atoms with Gasteiger partial charge in [0.25, 0.3) is 5.91 Å². The largest absolute Gasteiger partial charge is 0.369 e. The van der Waals surface area contributed by atoms with Crippen LogP contribution in [0.1, 0.15) is 34.9 Å². The van der Waals surface area contributed by atoms with Crippen LogP contribution in [-0.4, -0.2) is 28.2 Å². The van der Waals surface area contributed by atoms with Crippen LogP contribution in [0.5, 0.6) is 0 Å². The summed E-state index contributed by atoms with van der Waals surface area (Å²) >= 11 is 0. The summed E-state index contributed by atoms with van der Waals surface area (Å²) in [5, 5.41) is 0.775. The van der Waals surface area contributed by atoms with Crippen molar-refractivity contribution >= 4 is 22.7 Å². The van der Waals surface area contributed by atoms with Gasteiger partial charge in [0.2, 0.25) is 5.91 Å². The van der Waals surface area contributed by atoms with Crippen LogP contribution in [0.3, 0.4) is 0 Å². The predicted molar refractivity (Wildman–Crippen MR) is 119 cm³/mol. The number of rotatable bonds is 3. The van der Waals surface area contributed by atoms with E-state index in [4.69, 9.17) is 5.73 Å². The summed E-state index contributed by atoms with van der Waals surface area (Å²) in [5.74, 6) is 4.17. The number of halogens is 1. The maximum absolute atomic E-state index is 15.5. The monoisotopic (exact) mass is 417 g/mol. The van der Waals surface area contributed by atoms with E-state index >= 15 is 4.39 Å². The first-order chi connectivity index (χ1) is 14.8. The molecular formula is C25H24FN3O2. The molecule has 1 aliphatic heterocycles. The number of hydrogen-bond donors (Lipinski definition) is 2. The molecule has 0 saturated carbocycles. The number of nitrogens with two attached hydrogens (primary N) is 1. The number of nitrogens with zero attached hydrogens (tertiary/aromatic N) is 1. The molecule has 0 saturated heterocycles. The Labute approximate surface area is 180 Å². The van der Waals surface area contributed by atoms with E-state index in [0.29, 0.717) is 30.6 Å². The Morgan fingerprint density at radius 1 is 1.29 bits per heavy atom. The Bertz CT molecular complexity index is 1290. The fraction of sp³-hybridized carbons (Fsp3) is 0.280. The van der Waals surface area contributed by atoms with Gasteiger partial charge in [-0.15, -0.1) is 0 Å². The minimum absolute atomic E-state index is 0.0322. The van der Waals surface area contributed by atoms with E-state index in [1.54, 1.807) is 11.8 Å². The highest BCUT2D eigenvalue weighted by molar-refractivity contribution is 6.02. The number of aromatic nitrogens is 1. The molecule has 158 valence electrons. The summed E-state index contributed by atoms with van der Waals surface area (Å²) in [6.07, 6.45) is 0.588. The minimum Gasteiger partial charge on any atom is -0.369 e. The number of hydrogen-bond acceptors (Lipinski definition) is 2. The number of fused-ring (bicyclic) bond motifs is 2. The lowest BCUT2D eigenvalue weighted by Gasteiger charge is -2.29. The average Bonchev–Trinajstić information content (AvgIpc) is 3.02. The number of aromatic amines is 1. The van der Waals surface area contributed by atoms with Crippen LogP contribution in [0, 0.1) is 31.5 Å². The number of primary amides is 1. The zero-order chi connectivity index (χ0) is 22.3. The molecule has 0 aliphatic carbocycles. The first-order valence-electron chi connectivity index (χ1n) is 10.2. The van der Waals surface area contributed by atoms with Gasteiger partial charge in [-0.1, -0.05) is 24.1 Å². The molecule has 2 aromatic carbocycles. The summed E-state index contributed by atoms with van der Waals surface area (Å²) in [5.41, 5.74) is 11.9.